The van der Waals surface area contributed by atoms with Crippen LogP contribution in [0.25, 0.3) is 0 Å². The number of halogens is 1. The standard InChI is InChI=1S/C12H12ClN3O3S/c1-19-12-6-9(2-5-15-12)7-16-20(17,18)11-8-14-4-3-10(11)13/h2-6,8,16H,7H2,1H3. The summed E-state index contributed by atoms with van der Waals surface area (Å²) in [4.78, 5) is 7.65. The molecule has 0 aliphatic carbocycles. The minimum Gasteiger partial charge on any atom is -0.481 e. The summed E-state index contributed by atoms with van der Waals surface area (Å²) >= 11 is 5.85. The van der Waals surface area contributed by atoms with E-state index in [-0.39, 0.29) is 16.5 Å². The Morgan fingerprint density at radius 3 is 2.85 bits per heavy atom. The van der Waals surface area contributed by atoms with Crippen molar-refractivity contribution in [2.24, 2.45) is 0 Å². The predicted octanol–water partition coefficient (Wildman–Crippen LogP) is 1.62. The van der Waals surface area contributed by atoms with E-state index in [1.807, 2.05) is 0 Å². The first-order chi connectivity index (χ1) is 9.53. The van der Waals surface area contributed by atoms with Gasteiger partial charge >= 0.3 is 0 Å². The molecular weight excluding hydrogens is 302 g/mol. The number of rotatable bonds is 5. The fraction of sp³-hybridized carbons (Fsp3) is 0.167. The van der Waals surface area contributed by atoms with Gasteiger partial charge in [0.1, 0.15) is 4.90 Å². The van der Waals surface area contributed by atoms with E-state index in [1.54, 1.807) is 18.3 Å². The van der Waals surface area contributed by atoms with Gasteiger partial charge in [0.15, 0.2) is 0 Å². The average molecular weight is 314 g/mol. The van der Waals surface area contributed by atoms with Crippen LogP contribution >= 0.6 is 11.6 Å². The van der Waals surface area contributed by atoms with Crippen LogP contribution in [0.1, 0.15) is 5.56 Å². The summed E-state index contributed by atoms with van der Waals surface area (Å²) in [5.41, 5.74) is 0.723. The van der Waals surface area contributed by atoms with Crippen LogP contribution in [0.15, 0.2) is 41.7 Å². The van der Waals surface area contributed by atoms with E-state index in [0.29, 0.717) is 5.88 Å². The molecule has 0 bridgehead atoms. The zero-order chi connectivity index (χ0) is 14.6. The van der Waals surface area contributed by atoms with Gasteiger partial charge in [-0.1, -0.05) is 11.6 Å². The summed E-state index contributed by atoms with van der Waals surface area (Å²) in [6, 6.07) is 4.76. The summed E-state index contributed by atoms with van der Waals surface area (Å²) < 4.78 is 31.6. The predicted molar refractivity (Wildman–Crippen MR) is 74.1 cm³/mol. The molecule has 0 aliphatic rings. The fourth-order valence-corrected chi connectivity index (χ4v) is 2.94. The monoisotopic (exact) mass is 313 g/mol. The third kappa shape index (κ3) is 3.44. The molecule has 0 saturated carbocycles. The zero-order valence-corrected chi connectivity index (χ0v) is 12.1. The van der Waals surface area contributed by atoms with E-state index >= 15 is 0 Å². The van der Waals surface area contributed by atoms with Gasteiger partial charge in [0.25, 0.3) is 0 Å². The molecule has 20 heavy (non-hydrogen) atoms. The Kier molecular flexibility index (Phi) is 4.53. The van der Waals surface area contributed by atoms with Crippen molar-refractivity contribution in [2.45, 2.75) is 11.4 Å². The number of ether oxygens (including phenoxy) is 1. The van der Waals surface area contributed by atoms with Crippen molar-refractivity contribution in [1.82, 2.24) is 14.7 Å². The molecule has 0 spiro atoms. The number of hydrogen-bond acceptors (Lipinski definition) is 5. The van der Waals surface area contributed by atoms with E-state index in [2.05, 4.69) is 14.7 Å². The summed E-state index contributed by atoms with van der Waals surface area (Å²) in [6.45, 7) is 0.104. The summed E-state index contributed by atoms with van der Waals surface area (Å²) in [5, 5.41) is 0.125. The van der Waals surface area contributed by atoms with Crippen LogP contribution in [-0.4, -0.2) is 25.5 Å². The lowest BCUT2D eigenvalue weighted by Gasteiger charge is -2.08. The summed E-state index contributed by atoms with van der Waals surface area (Å²) in [6.07, 6.45) is 4.17. The summed E-state index contributed by atoms with van der Waals surface area (Å²) in [7, 11) is -2.22. The Hall–Kier alpha value is -1.70. The van der Waals surface area contributed by atoms with Crippen molar-refractivity contribution in [3.05, 3.63) is 47.4 Å². The van der Waals surface area contributed by atoms with E-state index in [1.165, 1.54) is 25.6 Å². The van der Waals surface area contributed by atoms with Crippen molar-refractivity contribution in [3.63, 3.8) is 0 Å². The number of hydrogen-bond donors (Lipinski definition) is 1. The molecule has 6 nitrogen and oxygen atoms in total. The molecule has 0 unspecified atom stereocenters. The van der Waals surface area contributed by atoms with Gasteiger partial charge in [-0.25, -0.2) is 18.1 Å². The van der Waals surface area contributed by atoms with Crippen molar-refractivity contribution in [1.29, 1.82) is 0 Å². The molecule has 0 fully saturated rings. The van der Waals surface area contributed by atoms with Crippen molar-refractivity contribution >= 4 is 21.6 Å². The topological polar surface area (TPSA) is 81.2 Å². The second kappa shape index (κ2) is 6.17. The van der Waals surface area contributed by atoms with Crippen molar-refractivity contribution in [2.75, 3.05) is 7.11 Å². The van der Waals surface area contributed by atoms with Gasteiger partial charge < -0.3 is 4.74 Å². The molecule has 0 atom stereocenters. The molecule has 0 aliphatic heterocycles. The third-order valence-corrected chi connectivity index (χ3v) is 4.37. The smallest absolute Gasteiger partial charge is 0.243 e. The van der Waals surface area contributed by atoms with E-state index < -0.39 is 10.0 Å². The highest BCUT2D eigenvalue weighted by Crippen LogP contribution is 2.19. The average Bonchev–Trinajstić information content (AvgIpc) is 2.46. The number of nitrogens with zero attached hydrogens (tertiary/aromatic N) is 2. The fourth-order valence-electron chi connectivity index (χ4n) is 1.49. The normalized spacial score (nSPS) is 11.3. The molecule has 0 radical (unpaired) electrons. The van der Waals surface area contributed by atoms with Crippen LogP contribution in [0.2, 0.25) is 5.02 Å². The van der Waals surface area contributed by atoms with Gasteiger partial charge in [-0.15, -0.1) is 0 Å². The zero-order valence-electron chi connectivity index (χ0n) is 10.6. The van der Waals surface area contributed by atoms with Crippen LogP contribution in [0, 0.1) is 0 Å². The van der Waals surface area contributed by atoms with Gasteiger partial charge in [0.05, 0.1) is 12.1 Å². The minimum atomic E-state index is -3.71. The molecule has 2 aromatic rings. The van der Waals surface area contributed by atoms with Gasteiger partial charge in [0.2, 0.25) is 15.9 Å². The Labute approximate surface area is 121 Å². The number of aromatic nitrogens is 2. The van der Waals surface area contributed by atoms with Crippen LogP contribution in [0.4, 0.5) is 0 Å². The maximum atomic E-state index is 12.1. The SMILES string of the molecule is COc1cc(CNS(=O)(=O)c2cnccc2Cl)ccn1. The molecule has 2 rings (SSSR count). The quantitative estimate of drug-likeness (QED) is 0.907. The number of nitrogens with one attached hydrogen (secondary N) is 1. The van der Waals surface area contributed by atoms with E-state index in [9.17, 15) is 8.42 Å². The van der Waals surface area contributed by atoms with E-state index in [0.717, 1.165) is 5.56 Å². The van der Waals surface area contributed by atoms with Crippen LogP contribution in [-0.2, 0) is 16.6 Å². The number of sulfonamides is 1. The molecule has 8 heteroatoms. The molecule has 0 amide bonds. The van der Waals surface area contributed by atoms with Gasteiger partial charge in [0, 0.05) is 31.2 Å². The Morgan fingerprint density at radius 2 is 2.15 bits per heavy atom. The number of methoxy groups -OCH3 is 1. The molecule has 0 aromatic carbocycles. The third-order valence-electron chi connectivity index (χ3n) is 2.50. The highest BCUT2D eigenvalue weighted by Gasteiger charge is 2.17. The van der Waals surface area contributed by atoms with Crippen molar-refractivity contribution < 1.29 is 13.2 Å². The number of pyridine rings is 2. The van der Waals surface area contributed by atoms with Crippen molar-refractivity contribution in [3.8, 4) is 5.88 Å². The first-order valence-corrected chi connectivity index (χ1v) is 7.47. The lowest BCUT2D eigenvalue weighted by atomic mass is 10.3. The highest BCUT2D eigenvalue weighted by atomic mass is 35.5. The molecule has 0 saturated heterocycles. The Balaban J connectivity index is 2.15. The molecule has 2 heterocycles. The molecular formula is C12H12ClN3O3S. The highest BCUT2D eigenvalue weighted by molar-refractivity contribution is 7.89. The second-order valence-electron chi connectivity index (χ2n) is 3.84. The first-order valence-electron chi connectivity index (χ1n) is 5.61. The van der Waals surface area contributed by atoms with Crippen LogP contribution < -0.4 is 9.46 Å². The second-order valence-corrected chi connectivity index (χ2v) is 5.98. The maximum absolute atomic E-state index is 12.1. The van der Waals surface area contributed by atoms with E-state index in [4.69, 9.17) is 16.3 Å². The van der Waals surface area contributed by atoms with Crippen LogP contribution in [0.5, 0.6) is 5.88 Å². The Bertz CT molecular complexity index is 707. The van der Waals surface area contributed by atoms with Crippen LogP contribution in [0.3, 0.4) is 0 Å². The summed E-state index contributed by atoms with van der Waals surface area (Å²) in [5.74, 6) is 0.418. The van der Waals surface area contributed by atoms with Gasteiger partial charge in [-0.3, -0.25) is 4.98 Å². The Morgan fingerprint density at radius 1 is 1.35 bits per heavy atom. The maximum Gasteiger partial charge on any atom is 0.243 e. The minimum absolute atomic E-state index is 0.0531. The van der Waals surface area contributed by atoms with Gasteiger partial charge in [-0.2, -0.15) is 0 Å². The van der Waals surface area contributed by atoms with Gasteiger partial charge in [-0.05, 0) is 17.7 Å². The lowest BCUT2D eigenvalue weighted by Crippen LogP contribution is -2.23. The first kappa shape index (κ1) is 14.7. The molecule has 106 valence electrons. The largest absolute Gasteiger partial charge is 0.481 e. The lowest BCUT2D eigenvalue weighted by molar-refractivity contribution is 0.397. The molecule has 1 N–H and O–H groups in total. The molecule has 2 aromatic heterocycles.